The molecule has 0 radical (unpaired) electrons. The highest BCUT2D eigenvalue weighted by atomic mass is 32.2. The summed E-state index contributed by atoms with van der Waals surface area (Å²) in [5.41, 5.74) is 2.04. The molecule has 10 heteroatoms. The highest BCUT2D eigenvalue weighted by Crippen LogP contribution is 2.27. The number of rotatable bonds is 6. The lowest BCUT2D eigenvalue weighted by Gasteiger charge is -2.12. The van der Waals surface area contributed by atoms with E-state index < -0.39 is 10.0 Å². The highest BCUT2D eigenvalue weighted by Gasteiger charge is 2.32. The molecule has 0 bridgehead atoms. The molecule has 3 aromatic rings. The number of nitrogens with zero attached hydrogens (tertiary/aromatic N) is 5. The van der Waals surface area contributed by atoms with Gasteiger partial charge in [-0.25, -0.2) is 12.7 Å². The van der Waals surface area contributed by atoms with Gasteiger partial charge in [-0.05, 0) is 30.7 Å². The maximum atomic E-state index is 12.5. The van der Waals surface area contributed by atoms with Crippen molar-refractivity contribution in [3.05, 3.63) is 59.8 Å². The third-order valence-corrected chi connectivity index (χ3v) is 6.34. The van der Waals surface area contributed by atoms with E-state index in [0.717, 1.165) is 5.69 Å². The van der Waals surface area contributed by atoms with Crippen LogP contribution in [0, 0.1) is 0 Å². The molecule has 0 aromatic carbocycles. The molecule has 0 spiro atoms. The Morgan fingerprint density at radius 3 is 2.83 bits per heavy atom. The van der Waals surface area contributed by atoms with E-state index in [2.05, 4.69) is 20.5 Å². The fourth-order valence-corrected chi connectivity index (χ4v) is 4.40. The summed E-state index contributed by atoms with van der Waals surface area (Å²) in [6, 6.07) is 9.14. The van der Waals surface area contributed by atoms with Crippen molar-refractivity contribution in [1.29, 1.82) is 0 Å². The van der Waals surface area contributed by atoms with E-state index in [1.54, 1.807) is 28.9 Å². The summed E-state index contributed by atoms with van der Waals surface area (Å²) in [6.07, 6.45) is 5.98. The van der Waals surface area contributed by atoms with Gasteiger partial charge in [0.25, 0.3) is 5.91 Å². The standard InChI is InChI=1S/C19H22N6O3S/c1-29(27,28)24-11-8-14(12-24)18-23-22-17-6-5-15(13-25(17)18)19(26)21-10-7-16-4-2-3-9-20-16/h2-6,9,13-14H,7-8,10-12H2,1H3,(H,21,26)/t14-/m1/s1. The molecule has 152 valence electrons. The molecule has 0 aliphatic carbocycles. The van der Waals surface area contributed by atoms with Crippen LogP contribution in [-0.2, 0) is 16.4 Å². The van der Waals surface area contributed by atoms with Gasteiger partial charge in [-0.1, -0.05) is 6.07 Å². The molecule has 4 rings (SSSR count). The van der Waals surface area contributed by atoms with Crippen LogP contribution in [0.3, 0.4) is 0 Å². The van der Waals surface area contributed by atoms with Gasteiger partial charge in [0.15, 0.2) is 5.65 Å². The zero-order chi connectivity index (χ0) is 20.4. The lowest BCUT2D eigenvalue weighted by atomic mass is 10.1. The minimum Gasteiger partial charge on any atom is -0.352 e. The largest absolute Gasteiger partial charge is 0.352 e. The van der Waals surface area contributed by atoms with Gasteiger partial charge in [-0.2, -0.15) is 0 Å². The zero-order valence-corrected chi connectivity index (χ0v) is 16.8. The smallest absolute Gasteiger partial charge is 0.252 e. The normalized spacial score (nSPS) is 17.6. The van der Waals surface area contributed by atoms with E-state index in [4.69, 9.17) is 0 Å². The summed E-state index contributed by atoms with van der Waals surface area (Å²) >= 11 is 0. The Morgan fingerprint density at radius 2 is 2.10 bits per heavy atom. The van der Waals surface area contributed by atoms with Gasteiger partial charge in [-0.15, -0.1) is 10.2 Å². The maximum absolute atomic E-state index is 12.5. The molecule has 29 heavy (non-hydrogen) atoms. The quantitative estimate of drug-likeness (QED) is 0.640. The van der Waals surface area contributed by atoms with Crippen LogP contribution in [0.1, 0.15) is 34.2 Å². The number of hydrogen-bond acceptors (Lipinski definition) is 6. The Kier molecular flexibility index (Phi) is 5.29. The zero-order valence-electron chi connectivity index (χ0n) is 16.0. The minimum atomic E-state index is -3.23. The van der Waals surface area contributed by atoms with Gasteiger partial charge in [-0.3, -0.25) is 14.2 Å². The van der Waals surface area contributed by atoms with Crippen molar-refractivity contribution in [3.8, 4) is 0 Å². The topological polar surface area (TPSA) is 110 Å². The second-order valence-electron chi connectivity index (χ2n) is 7.14. The molecule has 0 unspecified atom stereocenters. The SMILES string of the molecule is CS(=O)(=O)N1CC[C@@H](c2nnc3ccc(C(=O)NCCc4ccccn4)cn23)C1. The number of amides is 1. The van der Waals surface area contributed by atoms with E-state index in [1.807, 2.05) is 18.2 Å². The third kappa shape index (κ3) is 4.28. The summed E-state index contributed by atoms with van der Waals surface area (Å²) in [5.74, 6) is 0.433. The highest BCUT2D eigenvalue weighted by molar-refractivity contribution is 7.88. The van der Waals surface area contributed by atoms with E-state index >= 15 is 0 Å². The van der Waals surface area contributed by atoms with Gasteiger partial charge >= 0.3 is 0 Å². The van der Waals surface area contributed by atoms with Crippen molar-refractivity contribution >= 4 is 21.6 Å². The van der Waals surface area contributed by atoms with Crippen LogP contribution >= 0.6 is 0 Å². The van der Waals surface area contributed by atoms with Gasteiger partial charge in [0.1, 0.15) is 5.82 Å². The monoisotopic (exact) mass is 414 g/mol. The number of nitrogens with one attached hydrogen (secondary N) is 1. The molecule has 3 aromatic heterocycles. The number of carbonyl (C=O) groups is 1. The first-order chi connectivity index (χ1) is 13.9. The molecular formula is C19H22N6O3S. The predicted octanol–water partition coefficient (Wildman–Crippen LogP) is 0.846. The van der Waals surface area contributed by atoms with E-state index in [1.165, 1.54) is 10.6 Å². The van der Waals surface area contributed by atoms with Gasteiger partial charge in [0, 0.05) is 50.1 Å². The van der Waals surface area contributed by atoms with E-state index in [-0.39, 0.29) is 11.8 Å². The number of pyridine rings is 2. The molecule has 1 N–H and O–H groups in total. The first-order valence-corrected chi connectivity index (χ1v) is 11.2. The average molecular weight is 414 g/mol. The van der Waals surface area contributed by atoms with Crippen molar-refractivity contribution < 1.29 is 13.2 Å². The van der Waals surface area contributed by atoms with Gasteiger partial charge in [0.05, 0.1) is 11.8 Å². The Morgan fingerprint density at radius 1 is 1.24 bits per heavy atom. The third-order valence-electron chi connectivity index (χ3n) is 5.07. The lowest BCUT2D eigenvalue weighted by molar-refractivity contribution is 0.0953. The summed E-state index contributed by atoms with van der Waals surface area (Å²) in [4.78, 5) is 16.8. The van der Waals surface area contributed by atoms with Crippen LogP contribution in [0.2, 0.25) is 0 Å². The minimum absolute atomic E-state index is 0.0535. The lowest BCUT2D eigenvalue weighted by Crippen LogP contribution is -2.27. The fourth-order valence-electron chi connectivity index (χ4n) is 3.51. The number of aromatic nitrogens is 4. The summed E-state index contributed by atoms with van der Waals surface area (Å²) < 4.78 is 26.8. The van der Waals surface area contributed by atoms with Gasteiger partial charge < -0.3 is 5.32 Å². The number of hydrogen-bond donors (Lipinski definition) is 1. The molecule has 1 fully saturated rings. The molecule has 1 atom stereocenters. The van der Waals surface area contributed by atoms with Crippen molar-refractivity contribution in [2.24, 2.45) is 0 Å². The molecular weight excluding hydrogens is 392 g/mol. The molecule has 4 heterocycles. The average Bonchev–Trinajstić information content (AvgIpc) is 3.35. The van der Waals surface area contributed by atoms with E-state index in [0.29, 0.717) is 49.5 Å². The summed E-state index contributed by atoms with van der Waals surface area (Å²) in [5, 5.41) is 11.3. The molecule has 1 saturated heterocycles. The Hall–Kier alpha value is -2.85. The number of carbonyl (C=O) groups excluding carboxylic acids is 1. The Balaban J connectivity index is 1.47. The summed E-state index contributed by atoms with van der Waals surface area (Å²) in [6.45, 7) is 1.32. The summed E-state index contributed by atoms with van der Waals surface area (Å²) in [7, 11) is -3.23. The number of sulfonamides is 1. The van der Waals surface area contributed by atoms with Crippen molar-refractivity contribution in [2.75, 3.05) is 25.9 Å². The molecule has 1 aliphatic rings. The van der Waals surface area contributed by atoms with Crippen LogP contribution in [0.5, 0.6) is 0 Å². The van der Waals surface area contributed by atoms with Crippen LogP contribution in [0.4, 0.5) is 0 Å². The van der Waals surface area contributed by atoms with Crippen LogP contribution < -0.4 is 5.32 Å². The van der Waals surface area contributed by atoms with Crippen molar-refractivity contribution in [2.45, 2.75) is 18.8 Å². The van der Waals surface area contributed by atoms with Crippen molar-refractivity contribution in [1.82, 2.24) is 29.2 Å². The van der Waals surface area contributed by atoms with Crippen LogP contribution in [0.25, 0.3) is 5.65 Å². The molecule has 9 nitrogen and oxygen atoms in total. The van der Waals surface area contributed by atoms with Crippen molar-refractivity contribution in [3.63, 3.8) is 0 Å². The maximum Gasteiger partial charge on any atom is 0.252 e. The van der Waals surface area contributed by atoms with E-state index in [9.17, 15) is 13.2 Å². The Bertz CT molecular complexity index is 1130. The second kappa shape index (κ2) is 7.88. The molecule has 0 saturated carbocycles. The van der Waals surface area contributed by atoms with Crippen LogP contribution in [-0.4, -0.2) is 64.1 Å². The first kappa shape index (κ1) is 19.5. The number of fused-ring (bicyclic) bond motifs is 1. The first-order valence-electron chi connectivity index (χ1n) is 9.40. The molecule has 1 amide bonds. The second-order valence-corrected chi connectivity index (χ2v) is 9.12. The fraction of sp³-hybridized carbons (Fsp3) is 0.368. The molecule has 1 aliphatic heterocycles. The van der Waals surface area contributed by atoms with Gasteiger partial charge in [0.2, 0.25) is 10.0 Å². The predicted molar refractivity (Wildman–Crippen MR) is 107 cm³/mol. The Labute approximate surface area is 168 Å². The van der Waals surface area contributed by atoms with Crippen LogP contribution in [0.15, 0.2) is 42.7 Å².